The minimum absolute atomic E-state index is 1.14. The van der Waals surface area contributed by atoms with Gasteiger partial charge in [-0.25, -0.2) is 0 Å². The van der Waals surface area contributed by atoms with E-state index in [1.54, 1.807) is 0 Å². The number of nitrogens with zero attached hydrogens (tertiary/aromatic N) is 1. The Kier molecular flexibility index (Phi) is 4.03. The zero-order valence-corrected chi connectivity index (χ0v) is 11.5. The molecule has 0 atom stereocenters. The van der Waals surface area contributed by atoms with Gasteiger partial charge in [-0.3, -0.25) is 0 Å². The second kappa shape index (κ2) is 5.72. The molecular formula is C17H21N. The Labute approximate surface area is 110 Å². The molecule has 94 valence electrons. The number of aryl methyl sites for hydroxylation is 2. The van der Waals surface area contributed by atoms with Crippen molar-refractivity contribution in [3.8, 4) is 0 Å². The molecule has 3 rings (SSSR count). The first-order chi connectivity index (χ1) is 8.86. The molecule has 1 aliphatic rings. The third-order valence-electron chi connectivity index (χ3n) is 3.37. The van der Waals surface area contributed by atoms with Crippen LogP contribution in [0.4, 0.5) is 11.4 Å². The van der Waals surface area contributed by atoms with Gasteiger partial charge in [0.05, 0.1) is 0 Å². The summed E-state index contributed by atoms with van der Waals surface area (Å²) in [6.07, 6.45) is 2.27. The van der Waals surface area contributed by atoms with Crippen molar-refractivity contribution in [1.29, 1.82) is 0 Å². The fourth-order valence-electron chi connectivity index (χ4n) is 2.50. The van der Waals surface area contributed by atoms with Gasteiger partial charge in [0.15, 0.2) is 0 Å². The first-order valence-corrected chi connectivity index (χ1v) is 6.76. The van der Waals surface area contributed by atoms with E-state index >= 15 is 0 Å². The summed E-state index contributed by atoms with van der Waals surface area (Å²) in [5.74, 6) is 0. The van der Waals surface area contributed by atoms with Gasteiger partial charge in [0.1, 0.15) is 0 Å². The summed E-state index contributed by atoms with van der Waals surface area (Å²) >= 11 is 0. The molecule has 0 aliphatic carbocycles. The van der Waals surface area contributed by atoms with Gasteiger partial charge in [0, 0.05) is 18.4 Å². The zero-order chi connectivity index (χ0) is 13.0. The van der Waals surface area contributed by atoms with E-state index in [2.05, 4.69) is 60.5 Å². The van der Waals surface area contributed by atoms with Gasteiger partial charge >= 0.3 is 0 Å². The third kappa shape index (κ3) is 2.26. The quantitative estimate of drug-likeness (QED) is 0.650. The monoisotopic (exact) mass is 239 g/mol. The molecule has 1 heterocycles. The van der Waals surface area contributed by atoms with Crippen LogP contribution < -0.4 is 4.90 Å². The molecule has 0 saturated heterocycles. The van der Waals surface area contributed by atoms with Crippen molar-refractivity contribution < 1.29 is 0 Å². The maximum atomic E-state index is 2.30. The Morgan fingerprint density at radius 2 is 1.11 bits per heavy atom. The van der Waals surface area contributed by atoms with Gasteiger partial charge in [-0.05, 0) is 36.1 Å². The van der Waals surface area contributed by atoms with Crippen LogP contribution in [0.2, 0.25) is 0 Å². The number of fused-ring (bicyclic) bond motifs is 2. The Morgan fingerprint density at radius 3 is 1.56 bits per heavy atom. The number of hydrogen-bond acceptors (Lipinski definition) is 1. The molecule has 0 radical (unpaired) electrons. The molecule has 2 aromatic carbocycles. The summed E-state index contributed by atoms with van der Waals surface area (Å²) in [4.78, 5) is 2.30. The van der Waals surface area contributed by atoms with Gasteiger partial charge in [-0.15, -0.1) is 0 Å². The maximum Gasteiger partial charge on any atom is 0.0440 e. The van der Waals surface area contributed by atoms with E-state index in [0.29, 0.717) is 0 Å². The van der Waals surface area contributed by atoms with Crippen LogP contribution in [0.5, 0.6) is 0 Å². The van der Waals surface area contributed by atoms with Crippen molar-refractivity contribution >= 4 is 11.4 Å². The highest BCUT2D eigenvalue weighted by Crippen LogP contribution is 2.34. The molecule has 0 bridgehead atoms. The molecule has 1 nitrogen and oxygen atoms in total. The van der Waals surface area contributed by atoms with Crippen molar-refractivity contribution in [2.24, 2.45) is 0 Å². The van der Waals surface area contributed by atoms with Gasteiger partial charge in [0.25, 0.3) is 0 Å². The average Bonchev–Trinajstić information content (AvgIpc) is 2.60. The van der Waals surface area contributed by atoms with E-state index in [9.17, 15) is 0 Å². The molecular weight excluding hydrogens is 218 g/mol. The van der Waals surface area contributed by atoms with E-state index in [-0.39, 0.29) is 0 Å². The molecule has 18 heavy (non-hydrogen) atoms. The summed E-state index contributed by atoms with van der Waals surface area (Å²) in [5, 5.41) is 0. The minimum Gasteiger partial charge on any atom is -0.344 e. The van der Waals surface area contributed by atoms with Crippen LogP contribution in [0, 0.1) is 0 Å². The molecule has 1 heteroatoms. The molecule has 2 aromatic rings. The van der Waals surface area contributed by atoms with Crippen LogP contribution in [0.15, 0.2) is 48.5 Å². The van der Waals surface area contributed by atoms with E-state index in [0.717, 1.165) is 12.8 Å². The molecule has 0 fully saturated rings. The van der Waals surface area contributed by atoms with Gasteiger partial charge in [0.2, 0.25) is 0 Å². The lowest BCUT2D eigenvalue weighted by atomic mass is 10.0. The van der Waals surface area contributed by atoms with E-state index < -0.39 is 0 Å². The molecule has 0 spiro atoms. The standard InChI is InChI=1S/C15H15N.C2H6/c1-16-14-8-4-2-6-12(14)10-11-13-7-3-5-9-15(13)16;1-2/h2-9H,10-11H2,1H3;1-2H3. The Hall–Kier alpha value is -1.76. The Balaban J connectivity index is 0.000000574. The highest BCUT2D eigenvalue weighted by Gasteiger charge is 2.16. The fraction of sp³-hybridized carbons (Fsp3) is 0.294. The smallest absolute Gasteiger partial charge is 0.0440 e. The summed E-state index contributed by atoms with van der Waals surface area (Å²) < 4.78 is 0. The van der Waals surface area contributed by atoms with Gasteiger partial charge < -0.3 is 4.90 Å². The maximum absolute atomic E-state index is 2.30. The van der Waals surface area contributed by atoms with Crippen LogP contribution in [-0.4, -0.2) is 7.05 Å². The summed E-state index contributed by atoms with van der Waals surface area (Å²) in [6.45, 7) is 4.00. The summed E-state index contributed by atoms with van der Waals surface area (Å²) in [5.41, 5.74) is 5.57. The normalized spacial score (nSPS) is 12.7. The van der Waals surface area contributed by atoms with E-state index in [1.165, 1.54) is 22.5 Å². The fourth-order valence-corrected chi connectivity index (χ4v) is 2.50. The largest absolute Gasteiger partial charge is 0.344 e. The van der Waals surface area contributed by atoms with E-state index in [1.807, 2.05) is 13.8 Å². The minimum atomic E-state index is 1.14. The molecule has 0 amide bonds. The highest BCUT2D eigenvalue weighted by atomic mass is 15.1. The van der Waals surface area contributed by atoms with Crippen molar-refractivity contribution in [2.45, 2.75) is 26.7 Å². The molecule has 0 saturated carbocycles. The van der Waals surface area contributed by atoms with Crippen LogP contribution in [0.25, 0.3) is 0 Å². The van der Waals surface area contributed by atoms with Crippen molar-refractivity contribution in [2.75, 3.05) is 11.9 Å². The zero-order valence-electron chi connectivity index (χ0n) is 11.5. The lowest BCUT2D eigenvalue weighted by molar-refractivity contribution is 0.977. The first-order valence-electron chi connectivity index (χ1n) is 6.76. The SMILES string of the molecule is CC.CN1c2ccccc2CCc2ccccc21. The number of anilines is 2. The molecule has 1 aliphatic heterocycles. The van der Waals surface area contributed by atoms with Gasteiger partial charge in [-0.1, -0.05) is 50.2 Å². The molecule has 0 N–H and O–H groups in total. The average molecular weight is 239 g/mol. The second-order valence-electron chi connectivity index (χ2n) is 4.32. The van der Waals surface area contributed by atoms with Crippen LogP contribution in [0.3, 0.4) is 0 Å². The van der Waals surface area contributed by atoms with Crippen LogP contribution in [0.1, 0.15) is 25.0 Å². The van der Waals surface area contributed by atoms with Crippen LogP contribution >= 0.6 is 0 Å². The highest BCUT2D eigenvalue weighted by molar-refractivity contribution is 5.70. The van der Waals surface area contributed by atoms with Crippen molar-refractivity contribution in [3.05, 3.63) is 59.7 Å². The predicted molar refractivity (Wildman–Crippen MR) is 79.7 cm³/mol. The van der Waals surface area contributed by atoms with Crippen molar-refractivity contribution in [3.63, 3.8) is 0 Å². The lowest BCUT2D eigenvalue weighted by Gasteiger charge is -2.21. The summed E-state index contributed by atoms with van der Waals surface area (Å²) in [6, 6.07) is 17.4. The first kappa shape index (κ1) is 12.7. The lowest BCUT2D eigenvalue weighted by Crippen LogP contribution is -2.10. The summed E-state index contributed by atoms with van der Waals surface area (Å²) in [7, 11) is 2.16. The Bertz CT molecular complexity index is 469. The van der Waals surface area contributed by atoms with Gasteiger partial charge in [-0.2, -0.15) is 0 Å². The molecule has 0 aromatic heterocycles. The Morgan fingerprint density at radius 1 is 0.722 bits per heavy atom. The van der Waals surface area contributed by atoms with E-state index in [4.69, 9.17) is 0 Å². The number of benzene rings is 2. The van der Waals surface area contributed by atoms with Crippen molar-refractivity contribution in [1.82, 2.24) is 0 Å². The number of hydrogen-bond donors (Lipinski definition) is 0. The second-order valence-corrected chi connectivity index (χ2v) is 4.32. The number of para-hydroxylation sites is 2. The predicted octanol–water partition coefficient (Wildman–Crippen LogP) is 4.58. The number of rotatable bonds is 0. The topological polar surface area (TPSA) is 3.24 Å². The van der Waals surface area contributed by atoms with Crippen LogP contribution in [-0.2, 0) is 12.8 Å². The molecule has 0 unspecified atom stereocenters. The third-order valence-corrected chi connectivity index (χ3v) is 3.37.